The van der Waals surface area contributed by atoms with E-state index in [-0.39, 0.29) is 40.1 Å². The molecule has 1 N–H and O–H groups in total. The molecule has 7 nitrogen and oxygen atoms in total. The van der Waals surface area contributed by atoms with E-state index in [9.17, 15) is 13.2 Å². The molecule has 1 amide bonds. The van der Waals surface area contributed by atoms with Crippen molar-refractivity contribution in [3.05, 3.63) is 64.7 Å². The SMILES string of the molecule is O=C(c1ccc(Cl)c(S(=O)(=O)NCC2CCCO2)c1)N(Cc1ccccc1)CC1CCCO1. The number of rotatable bonds is 9. The van der Waals surface area contributed by atoms with Crippen molar-refractivity contribution < 1.29 is 22.7 Å². The molecule has 2 heterocycles. The van der Waals surface area contributed by atoms with E-state index in [4.69, 9.17) is 21.1 Å². The van der Waals surface area contributed by atoms with Crippen LogP contribution in [-0.2, 0) is 26.0 Å². The summed E-state index contributed by atoms with van der Waals surface area (Å²) in [5.41, 5.74) is 1.26. The molecule has 33 heavy (non-hydrogen) atoms. The number of benzene rings is 2. The van der Waals surface area contributed by atoms with Gasteiger partial charge < -0.3 is 14.4 Å². The predicted molar refractivity (Wildman–Crippen MR) is 126 cm³/mol. The summed E-state index contributed by atoms with van der Waals surface area (Å²) in [4.78, 5) is 15.1. The number of hydrogen-bond acceptors (Lipinski definition) is 5. The molecule has 2 fully saturated rings. The third kappa shape index (κ3) is 6.33. The summed E-state index contributed by atoms with van der Waals surface area (Å²) in [5.74, 6) is -0.262. The van der Waals surface area contributed by atoms with Gasteiger partial charge in [0.25, 0.3) is 5.91 Å². The molecule has 2 saturated heterocycles. The van der Waals surface area contributed by atoms with Crippen LogP contribution in [0.25, 0.3) is 0 Å². The Labute approximate surface area is 200 Å². The van der Waals surface area contributed by atoms with Crippen LogP contribution in [0.2, 0.25) is 5.02 Å². The lowest BCUT2D eigenvalue weighted by molar-refractivity contribution is 0.0507. The van der Waals surface area contributed by atoms with E-state index >= 15 is 0 Å². The summed E-state index contributed by atoms with van der Waals surface area (Å²) in [6.07, 6.45) is 3.42. The first kappa shape index (κ1) is 24.2. The van der Waals surface area contributed by atoms with Crippen molar-refractivity contribution in [1.29, 1.82) is 0 Å². The number of ether oxygens (including phenoxy) is 2. The van der Waals surface area contributed by atoms with Crippen LogP contribution in [0, 0.1) is 0 Å². The van der Waals surface area contributed by atoms with Gasteiger partial charge in [0.05, 0.1) is 17.2 Å². The number of carbonyl (C=O) groups excluding carboxylic acids is 1. The van der Waals surface area contributed by atoms with E-state index in [0.717, 1.165) is 31.2 Å². The minimum absolute atomic E-state index is 0.0266. The lowest BCUT2D eigenvalue weighted by atomic mass is 10.1. The summed E-state index contributed by atoms with van der Waals surface area (Å²) < 4.78 is 39.7. The maximum absolute atomic E-state index is 13.5. The summed E-state index contributed by atoms with van der Waals surface area (Å²) >= 11 is 6.23. The Morgan fingerprint density at radius 2 is 1.73 bits per heavy atom. The summed E-state index contributed by atoms with van der Waals surface area (Å²) in [7, 11) is -3.90. The lowest BCUT2D eigenvalue weighted by Gasteiger charge is -2.26. The lowest BCUT2D eigenvalue weighted by Crippen LogP contribution is -2.37. The van der Waals surface area contributed by atoms with Gasteiger partial charge in [-0.1, -0.05) is 41.9 Å². The van der Waals surface area contributed by atoms with Crippen LogP contribution in [-0.4, -0.2) is 57.7 Å². The van der Waals surface area contributed by atoms with Crippen LogP contribution in [0.4, 0.5) is 0 Å². The highest BCUT2D eigenvalue weighted by Crippen LogP contribution is 2.25. The second-order valence-corrected chi connectivity index (χ2v) is 10.6. The number of amides is 1. The van der Waals surface area contributed by atoms with Crippen molar-refractivity contribution in [3.8, 4) is 0 Å². The minimum Gasteiger partial charge on any atom is -0.377 e. The molecule has 178 valence electrons. The number of nitrogens with zero attached hydrogens (tertiary/aromatic N) is 1. The molecule has 0 bridgehead atoms. The summed E-state index contributed by atoms with van der Waals surface area (Å²) in [6.45, 7) is 2.35. The Balaban J connectivity index is 1.55. The maximum atomic E-state index is 13.5. The highest BCUT2D eigenvalue weighted by Gasteiger charge is 2.27. The van der Waals surface area contributed by atoms with E-state index in [2.05, 4.69) is 4.72 Å². The Hall–Kier alpha value is -1.97. The molecule has 2 atom stereocenters. The van der Waals surface area contributed by atoms with Gasteiger partial charge in [-0.25, -0.2) is 13.1 Å². The highest BCUT2D eigenvalue weighted by atomic mass is 35.5. The molecule has 2 aromatic rings. The molecule has 2 aliphatic rings. The molecular formula is C24H29ClN2O5S. The normalized spacial score (nSPS) is 20.8. The molecule has 2 unspecified atom stereocenters. The van der Waals surface area contributed by atoms with E-state index in [0.29, 0.717) is 26.3 Å². The average molecular weight is 493 g/mol. The van der Waals surface area contributed by atoms with Gasteiger partial charge in [0.1, 0.15) is 4.90 Å². The van der Waals surface area contributed by atoms with Crippen LogP contribution in [0.5, 0.6) is 0 Å². The molecule has 9 heteroatoms. The molecule has 0 saturated carbocycles. The second-order valence-electron chi connectivity index (χ2n) is 8.44. The molecule has 2 aliphatic heterocycles. The number of halogens is 1. The van der Waals surface area contributed by atoms with E-state index in [1.54, 1.807) is 11.0 Å². The van der Waals surface area contributed by atoms with Crippen LogP contribution < -0.4 is 4.72 Å². The Bertz CT molecular complexity index is 1050. The van der Waals surface area contributed by atoms with E-state index in [1.165, 1.54) is 12.1 Å². The Kier molecular flexibility index (Phi) is 8.03. The Morgan fingerprint density at radius 3 is 2.39 bits per heavy atom. The Morgan fingerprint density at radius 1 is 1.03 bits per heavy atom. The average Bonchev–Trinajstić information content (AvgIpc) is 3.52. The fourth-order valence-electron chi connectivity index (χ4n) is 4.17. The predicted octanol–water partition coefficient (Wildman–Crippen LogP) is 3.62. The van der Waals surface area contributed by atoms with Crippen LogP contribution in [0.1, 0.15) is 41.6 Å². The van der Waals surface area contributed by atoms with Gasteiger partial charge in [0.2, 0.25) is 10.0 Å². The smallest absolute Gasteiger partial charge is 0.254 e. The van der Waals surface area contributed by atoms with E-state index in [1.807, 2.05) is 30.3 Å². The quantitative estimate of drug-likeness (QED) is 0.578. The standard InChI is InChI=1S/C24H29ClN2O5S/c25-22-11-10-19(14-23(22)33(29,30)26-15-20-8-4-12-31-20)24(28)27(17-21-9-5-13-32-21)16-18-6-2-1-3-7-18/h1-3,6-7,10-11,14,20-21,26H,4-5,8-9,12-13,15-17H2. The highest BCUT2D eigenvalue weighted by molar-refractivity contribution is 7.89. The molecule has 0 spiro atoms. The summed E-state index contributed by atoms with van der Waals surface area (Å²) in [6, 6.07) is 14.1. The van der Waals surface area contributed by atoms with Crippen LogP contribution >= 0.6 is 11.6 Å². The van der Waals surface area contributed by atoms with Crippen molar-refractivity contribution in [2.45, 2.75) is 49.3 Å². The zero-order valence-electron chi connectivity index (χ0n) is 18.4. The maximum Gasteiger partial charge on any atom is 0.254 e. The fraction of sp³-hybridized carbons (Fsp3) is 0.458. The van der Waals surface area contributed by atoms with Crippen molar-refractivity contribution in [2.24, 2.45) is 0 Å². The van der Waals surface area contributed by atoms with Gasteiger partial charge in [0, 0.05) is 38.4 Å². The minimum atomic E-state index is -3.90. The van der Waals surface area contributed by atoms with Gasteiger partial charge >= 0.3 is 0 Å². The fourth-order valence-corrected chi connectivity index (χ4v) is 5.76. The molecule has 0 radical (unpaired) electrons. The number of sulfonamides is 1. The van der Waals surface area contributed by atoms with Crippen LogP contribution in [0.15, 0.2) is 53.4 Å². The molecule has 0 aliphatic carbocycles. The molecule has 2 aromatic carbocycles. The van der Waals surface area contributed by atoms with Gasteiger partial charge in [-0.05, 0) is 49.4 Å². The largest absolute Gasteiger partial charge is 0.377 e. The van der Waals surface area contributed by atoms with Crippen molar-refractivity contribution >= 4 is 27.5 Å². The zero-order chi connectivity index (χ0) is 23.3. The monoisotopic (exact) mass is 492 g/mol. The van der Waals surface area contributed by atoms with Gasteiger partial charge in [-0.3, -0.25) is 4.79 Å². The number of carbonyl (C=O) groups is 1. The van der Waals surface area contributed by atoms with Gasteiger partial charge in [-0.15, -0.1) is 0 Å². The topological polar surface area (TPSA) is 84.9 Å². The van der Waals surface area contributed by atoms with E-state index < -0.39 is 10.0 Å². The van der Waals surface area contributed by atoms with Gasteiger partial charge in [-0.2, -0.15) is 0 Å². The zero-order valence-corrected chi connectivity index (χ0v) is 20.0. The molecule has 4 rings (SSSR count). The second kappa shape index (κ2) is 11.0. The van der Waals surface area contributed by atoms with Gasteiger partial charge in [0.15, 0.2) is 0 Å². The van der Waals surface area contributed by atoms with Crippen molar-refractivity contribution in [3.63, 3.8) is 0 Å². The first-order chi connectivity index (χ1) is 15.9. The first-order valence-corrected chi connectivity index (χ1v) is 13.1. The molecule has 0 aromatic heterocycles. The first-order valence-electron chi connectivity index (χ1n) is 11.3. The number of hydrogen-bond donors (Lipinski definition) is 1. The van der Waals surface area contributed by atoms with Crippen molar-refractivity contribution in [1.82, 2.24) is 9.62 Å². The van der Waals surface area contributed by atoms with Crippen molar-refractivity contribution in [2.75, 3.05) is 26.3 Å². The molecular weight excluding hydrogens is 464 g/mol. The number of nitrogens with one attached hydrogen (secondary N) is 1. The summed E-state index contributed by atoms with van der Waals surface area (Å²) in [5, 5.41) is 0.0696. The third-order valence-corrected chi connectivity index (χ3v) is 7.85. The van der Waals surface area contributed by atoms with Crippen LogP contribution in [0.3, 0.4) is 0 Å². The third-order valence-electron chi connectivity index (χ3n) is 5.94.